The quantitative estimate of drug-likeness (QED) is 0.236. The Morgan fingerprint density at radius 1 is 0.674 bits per heavy atom. The number of benzene rings is 2. The van der Waals surface area contributed by atoms with Crippen molar-refractivity contribution in [1.82, 2.24) is 15.0 Å². The van der Waals surface area contributed by atoms with Crippen molar-refractivity contribution in [3.8, 4) is 22.6 Å². The van der Waals surface area contributed by atoms with Crippen LogP contribution in [-0.2, 0) is 0 Å². The van der Waals surface area contributed by atoms with Crippen LogP contribution in [-0.4, -0.2) is 15.0 Å². The minimum absolute atomic E-state index is 0.209. The van der Waals surface area contributed by atoms with Gasteiger partial charge in [-0.3, -0.25) is 4.98 Å². The zero-order chi connectivity index (χ0) is 30.7. The fourth-order valence-corrected chi connectivity index (χ4v) is 7.05. The highest BCUT2D eigenvalue weighted by molar-refractivity contribution is 5.89. The Morgan fingerprint density at radius 3 is 2.37 bits per heavy atom. The molecule has 4 aliphatic rings. The summed E-state index contributed by atoms with van der Waals surface area (Å²) in [6.07, 6.45) is 32.8. The van der Waals surface area contributed by atoms with E-state index in [9.17, 15) is 0 Å². The summed E-state index contributed by atoms with van der Waals surface area (Å²) in [6, 6.07) is 25.5. The second-order valence-corrected chi connectivity index (χ2v) is 12.2. The molecule has 2 aromatic carbocycles. The molecule has 46 heavy (non-hydrogen) atoms. The lowest BCUT2D eigenvalue weighted by molar-refractivity contribution is 0.706. The van der Waals surface area contributed by atoms with E-state index in [1.165, 1.54) is 33.4 Å². The molecular weight excluding hydrogens is 558 g/mol. The number of aromatic nitrogens is 3. The molecule has 0 saturated carbocycles. The van der Waals surface area contributed by atoms with Crippen LogP contribution in [0.25, 0.3) is 39.9 Å². The van der Waals surface area contributed by atoms with E-state index >= 15 is 0 Å². The summed E-state index contributed by atoms with van der Waals surface area (Å²) in [5.74, 6) is 1.23. The SMILES string of the molecule is C1=CC2C(c3cc(/C4=C/C/C=C\C=C/CC5=C4CCC=C5)nc(-c4ccc(-c5ccccn5)cc4)n3)=Cc3ccccc3C2C=C1. The molecule has 2 heterocycles. The van der Waals surface area contributed by atoms with Gasteiger partial charge in [-0.2, -0.15) is 0 Å². The number of rotatable bonds is 4. The molecule has 0 fully saturated rings. The van der Waals surface area contributed by atoms with Crippen LogP contribution >= 0.6 is 0 Å². The minimum atomic E-state index is 0.209. The van der Waals surface area contributed by atoms with Crippen molar-refractivity contribution in [3.05, 3.63) is 179 Å². The Kier molecular flexibility index (Phi) is 7.65. The maximum atomic E-state index is 5.34. The van der Waals surface area contributed by atoms with Crippen molar-refractivity contribution >= 4 is 17.2 Å². The maximum Gasteiger partial charge on any atom is 0.160 e. The Labute approximate surface area is 271 Å². The number of hydrogen-bond acceptors (Lipinski definition) is 3. The van der Waals surface area contributed by atoms with Gasteiger partial charge in [0.25, 0.3) is 0 Å². The summed E-state index contributed by atoms with van der Waals surface area (Å²) in [7, 11) is 0. The van der Waals surface area contributed by atoms with E-state index in [2.05, 4.69) is 132 Å². The third kappa shape index (κ3) is 5.50. The van der Waals surface area contributed by atoms with Gasteiger partial charge in [-0.1, -0.05) is 121 Å². The number of pyridine rings is 1. The van der Waals surface area contributed by atoms with Crippen molar-refractivity contribution in [2.75, 3.05) is 0 Å². The fraction of sp³-hybridized carbons (Fsp3) is 0.140. The molecule has 0 spiro atoms. The Morgan fingerprint density at radius 2 is 1.48 bits per heavy atom. The molecule has 0 radical (unpaired) electrons. The topological polar surface area (TPSA) is 38.7 Å². The van der Waals surface area contributed by atoms with Crippen molar-refractivity contribution in [2.45, 2.75) is 31.6 Å². The highest BCUT2D eigenvalue weighted by atomic mass is 14.9. The summed E-state index contributed by atoms with van der Waals surface area (Å²) in [5.41, 5.74) is 12.9. The van der Waals surface area contributed by atoms with E-state index in [4.69, 9.17) is 9.97 Å². The number of hydrogen-bond donors (Lipinski definition) is 0. The monoisotopic (exact) mass is 593 g/mol. The third-order valence-electron chi connectivity index (χ3n) is 9.33. The second-order valence-electron chi connectivity index (χ2n) is 12.2. The molecule has 3 nitrogen and oxygen atoms in total. The van der Waals surface area contributed by atoms with Crippen LogP contribution in [0.1, 0.15) is 54.1 Å². The number of fused-ring (bicyclic) bond motifs is 3. The van der Waals surface area contributed by atoms with E-state index in [1.807, 2.05) is 24.4 Å². The van der Waals surface area contributed by atoms with Crippen molar-refractivity contribution in [3.63, 3.8) is 0 Å². The highest BCUT2D eigenvalue weighted by Crippen LogP contribution is 2.46. The van der Waals surface area contributed by atoms with Gasteiger partial charge in [-0.15, -0.1) is 0 Å². The molecular formula is C43H35N3. The largest absolute Gasteiger partial charge is 0.256 e. The van der Waals surface area contributed by atoms with Crippen molar-refractivity contribution < 1.29 is 0 Å². The Balaban J connectivity index is 1.31. The van der Waals surface area contributed by atoms with E-state index < -0.39 is 0 Å². The first-order chi connectivity index (χ1) is 22.8. The molecule has 4 aliphatic carbocycles. The lowest BCUT2D eigenvalue weighted by Crippen LogP contribution is -2.18. The average Bonchev–Trinajstić information content (AvgIpc) is 3.13. The van der Waals surface area contributed by atoms with Crippen LogP contribution in [0.5, 0.6) is 0 Å². The van der Waals surface area contributed by atoms with Crippen LogP contribution < -0.4 is 0 Å². The molecule has 0 aliphatic heterocycles. The summed E-state index contributed by atoms with van der Waals surface area (Å²) in [6.45, 7) is 0. The standard InChI is InChI=1S/C43H35N3/c1-2-4-14-30-15-6-8-17-34(30)38(21-5-3-1)41-29-42(39-28-33-16-7-9-18-35(33)36-19-10-11-20-37(36)39)46-43(45-41)32-25-23-31(24-26-32)40-22-12-13-27-44-40/h1-4,6-7,9-13,15-16,18-29,36-37H,5,8,14,17H2/b3-1-,4-2-,38-21+. The summed E-state index contributed by atoms with van der Waals surface area (Å²) in [4.78, 5) is 15.2. The van der Waals surface area contributed by atoms with Gasteiger partial charge in [-0.05, 0) is 77.8 Å². The zero-order valence-electron chi connectivity index (χ0n) is 25.8. The van der Waals surface area contributed by atoms with E-state index in [0.717, 1.165) is 59.7 Å². The summed E-state index contributed by atoms with van der Waals surface area (Å²) < 4.78 is 0. The van der Waals surface area contributed by atoms with Gasteiger partial charge in [0, 0.05) is 34.7 Å². The van der Waals surface area contributed by atoms with Gasteiger partial charge in [0.1, 0.15) is 0 Å². The minimum Gasteiger partial charge on any atom is -0.256 e. The van der Waals surface area contributed by atoms with Crippen LogP contribution in [0.2, 0.25) is 0 Å². The van der Waals surface area contributed by atoms with Gasteiger partial charge in [-0.25, -0.2) is 9.97 Å². The highest BCUT2D eigenvalue weighted by Gasteiger charge is 2.31. The van der Waals surface area contributed by atoms with Gasteiger partial charge in [0.2, 0.25) is 0 Å². The normalized spacial score (nSPS) is 22.5. The zero-order valence-corrected chi connectivity index (χ0v) is 25.8. The molecule has 4 aromatic rings. The predicted octanol–water partition coefficient (Wildman–Crippen LogP) is 10.5. The van der Waals surface area contributed by atoms with Gasteiger partial charge in [0.05, 0.1) is 17.1 Å². The van der Waals surface area contributed by atoms with E-state index in [-0.39, 0.29) is 11.8 Å². The molecule has 0 saturated heterocycles. The molecule has 222 valence electrons. The molecule has 3 heteroatoms. The fourth-order valence-electron chi connectivity index (χ4n) is 7.05. The molecule has 0 bridgehead atoms. The second kappa shape index (κ2) is 12.5. The van der Waals surface area contributed by atoms with Crippen LogP contribution in [0.15, 0.2) is 157 Å². The van der Waals surface area contributed by atoms with Crippen LogP contribution in [0.4, 0.5) is 0 Å². The Hall–Kier alpha value is -5.41. The molecule has 2 unspecified atom stereocenters. The van der Waals surface area contributed by atoms with E-state index in [1.54, 1.807) is 0 Å². The lowest BCUT2D eigenvalue weighted by atomic mass is 9.72. The van der Waals surface area contributed by atoms with Gasteiger partial charge < -0.3 is 0 Å². The Bertz CT molecular complexity index is 2030. The van der Waals surface area contributed by atoms with Crippen LogP contribution in [0, 0.1) is 5.92 Å². The first-order valence-corrected chi connectivity index (χ1v) is 16.3. The smallest absolute Gasteiger partial charge is 0.160 e. The van der Waals surface area contributed by atoms with Crippen LogP contribution in [0.3, 0.4) is 0 Å². The molecule has 2 atom stereocenters. The maximum absolute atomic E-state index is 5.34. The van der Waals surface area contributed by atoms with Gasteiger partial charge >= 0.3 is 0 Å². The molecule has 8 rings (SSSR count). The van der Waals surface area contributed by atoms with Crippen molar-refractivity contribution in [2.24, 2.45) is 5.92 Å². The first kappa shape index (κ1) is 28.1. The molecule has 0 amide bonds. The lowest BCUT2D eigenvalue weighted by Gasteiger charge is -2.32. The third-order valence-corrected chi connectivity index (χ3v) is 9.33. The molecule has 0 N–H and O–H groups in total. The summed E-state index contributed by atoms with van der Waals surface area (Å²) >= 11 is 0. The number of nitrogens with zero attached hydrogens (tertiary/aromatic N) is 3. The van der Waals surface area contributed by atoms with Gasteiger partial charge in [0.15, 0.2) is 5.82 Å². The van der Waals surface area contributed by atoms with E-state index in [0.29, 0.717) is 0 Å². The first-order valence-electron chi connectivity index (χ1n) is 16.3. The number of allylic oxidation sites excluding steroid dienone is 15. The van der Waals surface area contributed by atoms with Crippen molar-refractivity contribution in [1.29, 1.82) is 0 Å². The average molecular weight is 594 g/mol. The summed E-state index contributed by atoms with van der Waals surface area (Å²) in [5, 5.41) is 0. The molecule has 2 aromatic heterocycles. The predicted molar refractivity (Wildman–Crippen MR) is 190 cm³/mol.